The molecule has 2 saturated heterocycles. The van der Waals surface area contributed by atoms with Crippen molar-refractivity contribution in [2.75, 3.05) is 32.8 Å². The van der Waals surface area contributed by atoms with Gasteiger partial charge in [-0.15, -0.1) is 12.4 Å². The minimum Gasteiger partial charge on any atom is -0.381 e. The van der Waals surface area contributed by atoms with Gasteiger partial charge in [0.1, 0.15) is 0 Å². The van der Waals surface area contributed by atoms with Crippen LogP contribution in [0.15, 0.2) is 24.5 Å². The summed E-state index contributed by atoms with van der Waals surface area (Å²) in [6.45, 7) is 3.69. The van der Waals surface area contributed by atoms with Gasteiger partial charge in [-0.1, -0.05) is 6.07 Å². The van der Waals surface area contributed by atoms with E-state index in [-0.39, 0.29) is 30.3 Å². The molecule has 0 aliphatic carbocycles. The number of carbonyl (C=O) groups excluding carboxylic acids is 1. The van der Waals surface area contributed by atoms with Crippen molar-refractivity contribution in [3.8, 4) is 0 Å². The second kappa shape index (κ2) is 7.02. The monoisotopic (exact) mass is 297 g/mol. The lowest BCUT2D eigenvalue weighted by atomic mass is 10.0. The molecule has 5 nitrogen and oxygen atoms in total. The minimum absolute atomic E-state index is 0. The molecule has 110 valence electrons. The molecule has 2 fully saturated rings. The first-order chi connectivity index (χ1) is 9.36. The van der Waals surface area contributed by atoms with E-state index in [0.717, 1.165) is 31.6 Å². The van der Waals surface area contributed by atoms with E-state index in [1.165, 1.54) is 0 Å². The number of hydrogen-bond acceptors (Lipinski definition) is 4. The van der Waals surface area contributed by atoms with Crippen LogP contribution < -0.4 is 5.32 Å². The number of carbonyl (C=O) groups is 1. The largest absolute Gasteiger partial charge is 0.381 e. The van der Waals surface area contributed by atoms with Crippen LogP contribution in [0.3, 0.4) is 0 Å². The summed E-state index contributed by atoms with van der Waals surface area (Å²) in [6.07, 6.45) is 4.46. The van der Waals surface area contributed by atoms with E-state index >= 15 is 0 Å². The third-order valence-electron chi connectivity index (χ3n) is 3.87. The van der Waals surface area contributed by atoms with Crippen LogP contribution in [0, 0.1) is 5.92 Å². The Balaban J connectivity index is 0.00000147. The lowest BCUT2D eigenvalue weighted by Gasteiger charge is -2.37. The molecule has 1 aromatic rings. The van der Waals surface area contributed by atoms with Crippen molar-refractivity contribution in [2.24, 2.45) is 5.92 Å². The molecule has 2 unspecified atom stereocenters. The number of halogens is 1. The van der Waals surface area contributed by atoms with Crippen LogP contribution in [0.2, 0.25) is 0 Å². The fraction of sp³-hybridized carbons (Fsp3) is 0.571. The number of aromatic nitrogens is 1. The quantitative estimate of drug-likeness (QED) is 0.885. The molecule has 2 aliphatic heterocycles. The van der Waals surface area contributed by atoms with Crippen molar-refractivity contribution in [2.45, 2.75) is 12.5 Å². The summed E-state index contributed by atoms with van der Waals surface area (Å²) in [7, 11) is 0. The van der Waals surface area contributed by atoms with Crippen LogP contribution in [0.1, 0.15) is 18.0 Å². The van der Waals surface area contributed by atoms with Crippen LogP contribution in [0.4, 0.5) is 0 Å². The summed E-state index contributed by atoms with van der Waals surface area (Å²) in [5, 5.41) is 3.36. The summed E-state index contributed by atoms with van der Waals surface area (Å²) in [6, 6.07) is 4.05. The first kappa shape index (κ1) is 15.2. The van der Waals surface area contributed by atoms with Gasteiger partial charge in [-0.25, -0.2) is 0 Å². The molecule has 3 rings (SSSR count). The number of hydrogen-bond donors (Lipinski definition) is 1. The van der Waals surface area contributed by atoms with Gasteiger partial charge in [0, 0.05) is 38.6 Å². The molecule has 2 atom stereocenters. The zero-order valence-corrected chi connectivity index (χ0v) is 12.1. The number of nitrogens with one attached hydrogen (secondary N) is 1. The average molecular weight is 298 g/mol. The van der Waals surface area contributed by atoms with Gasteiger partial charge in [-0.05, 0) is 18.1 Å². The van der Waals surface area contributed by atoms with Gasteiger partial charge in [0.05, 0.1) is 18.6 Å². The van der Waals surface area contributed by atoms with Crippen molar-refractivity contribution in [3.05, 3.63) is 30.1 Å². The second-order valence-corrected chi connectivity index (χ2v) is 5.10. The Morgan fingerprint density at radius 2 is 2.40 bits per heavy atom. The first-order valence-electron chi connectivity index (χ1n) is 6.85. The van der Waals surface area contributed by atoms with Gasteiger partial charge in [-0.2, -0.15) is 0 Å². The molecular formula is C14H20ClN3O2. The summed E-state index contributed by atoms with van der Waals surface area (Å²) >= 11 is 0. The highest BCUT2D eigenvalue weighted by Gasteiger charge is 2.34. The van der Waals surface area contributed by atoms with Crippen LogP contribution in [0.25, 0.3) is 0 Å². The van der Waals surface area contributed by atoms with Gasteiger partial charge >= 0.3 is 0 Å². The molecule has 3 heterocycles. The van der Waals surface area contributed by atoms with E-state index in [9.17, 15) is 4.79 Å². The third kappa shape index (κ3) is 3.11. The maximum absolute atomic E-state index is 12.6. The maximum atomic E-state index is 12.6. The van der Waals surface area contributed by atoms with Crippen molar-refractivity contribution < 1.29 is 9.53 Å². The molecule has 1 N–H and O–H groups in total. The van der Waals surface area contributed by atoms with E-state index in [0.29, 0.717) is 13.2 Å². The maximum Gasteiger partial charge on any atom is 0.228 e. The third-order valence-corrected chi connectivity index (χ3v) is 3.87. The lowest BCUT2D eigenvalue weighted by Crippen LogP contribution is -2.50. The molecule has 0 spiro atoms. The van der Waals surface area contributed by atoms with Crippen molar-refractivity contribution in [1.82, 2.24) is 15.2 Å². The number of pyridine rings is 1. The predicted octanol–water partition coefficient (Wildman–Crippen LogP) is 1.01. The summed E-state index contributed by atoms with van der Waals surface area (Å²) in [4.78, 5) is 18.7. The average Bonchev–Trinajstić information content (AvgIpc) is 3.02. The van der Waals surface area contributed by atoms with Gasteiger partial charge in [0.25, 0.3) is 0 Å². The number of rotatable bonds is 2. The highest BCUT2D eigenvalue weighted by molar-refractivity contribution is 5.85. The SMILES string of the molecule is Cl.O=C(C1CCOC1)N1CCNCC1c1cccnc1. The molecule has 6 heteroatoms. The van der Waals surface area contributed by atoms with Gasteiger partial charge in [0.2, 0.25) is 5.91 Å². The van der Waals surface area contributed by atoms with Crippen LogP contribution in [0.5, 0.6) is 0 Å². The fourth-order valence-corrected chi connectivity index (χ4v) is 2.80. The normalized spacial score (nSPS) is 26.1. The van der Waals surface area contributed by atoms with Crippen LogP contribution in [-0.2, 0) is 9.53 Å². The molecule has 0 bridgehead atoms. The Morgan fingerprint density at radius 1 is 1.50 bits per heavy atom. The van der Waals surface area contributed by atoms with Crippen LogP contribution in [-0.4, -0.2) is 48.6 Å². The lowest BCUT2D eigenvalue weighted by molar-refractivity contribution is -0.139. The topological polar surface area (TPSA) is 54.5 Å². The van der Waals surface area contributed by atoms with Crippen LogP contribution >= 0.6 is 12.4 Å². The minimum atomic E-state index is 0. The van der Waals surface area contributed by atoms with Crippen molar-refractivity contribution in [1.29, 1.82) is 0 Å². The zero-order chi connectivity index (χ0) is 13.1. The molecule has 0 aromatic carbocycles. The molecule has 1 amide bonds. The standard InChI is InChI=1S/C14H19N3O2.ClH/c18-14(12-3-7-19-10-12)17-6-5-16-9-13(17)11-2-1-4-15-8-11;/h1-2,4,8,12-13,16H,3,5-7,9-10H2;1H. The Hall–Kier alpha value is -1.17. The van der Waals surface area contributed by atoms with Crippen molar-refractivity contribution >= 4 is 18.3 Å². The van der Waals surface area contributed by atoms with E-state index in [4.69, 9.17) is 4.74 Å². The van der Waals surface area contributed by atoms with Gasteiger partial charge < -0.3 is 15.0 Å². The zero-order valence-electron chi connectivity index (χ0n) is 11.3. The van der Waals surface area contributed by atoms with Gasteiger partial charge in [-0.3, -0.25) is 9.78 Å². The predicted molar refractivity (Wildman–Crippen MR) is 77.7 cm³/mol. The first-order valence-corrected chi connectivity index (χ1v) is 6.85. The smallest absolute Gasteiger partial charge is 0.228 e. The molecule has 0 saturated carbocycles. The number of nitrogens with zero attached hydrogens (tertiary/aromatic N) is 2. The van der Waals surface area contributed by atoms with Crippen molar-refractivity contribution in [3.63, 3.8) is 0 Å². The number of ether oxygens (including phenoxy) is 1. The Labute approximate surface area is 125 Å². The van der Waals surface area contributed by atoms with E-state index in [1.54, 1.807) is 6.20 Å². The molecular weight excluding hydrogens is 278 g/mol. The van der Waals surface area contributed by atoms with E-state index in [1.807, 2.05) is 23.2 Å². The highest BCUT2D eigenvalue weighted by Crippen LogP contribution is 2.25. The Morgan fingerprint density at radius 3 is 3.10 bits per heavy atom. The molecule has 0 radical (unpaired) electrons. The Kier molecular flexibility index (Phi) is 5.34. The number of amides is 1. The Bertz CT molecular complexity index is 437. The number of piperazine rings is 1. The van der Waals surface area contributed by atoms with E-state index in [2.05, 4.69) is 10.3 Å². The summed E-state index contributed by atoms with van der Waals surface area (Å²) in [5.41, 5.74) is 1.10. The highest BCUT2D eigenvalue weighted by atomic mass is 35.5. The molecule has 1 aromatic heterocycles. The summed E-state index contributed by atoms with van der Waals surface area (Å²) in [5.74, 6) is 0.269. The molecule has 2 aliphatic rings. The molecule has 20 heavy (non-hydrogen) atoms. The van der Waals surface area contributed by atoms with Gasteiger partial charge in [0.15, 0.2) is 0 Å². The second-order valence-electron chi connectivity index (χ2n) is 5.10. The van der Waals surface area contributed by atoms with E-state index < -0.39 is 0 Å². The summed E-state index contributed by atoms with van der Waals surface area (Å²) < 4.78 is 5.33. The fourth-order valence-electron chi connectivity index (χ4n) is 2.80.